The van der Waals surface area contributed by atoms with Crippen molar-refractivity contribution in [3.8, 4) is 0 Å². The maximum atomic E-state index is 12.2. The van der Waals surface area contributed by atoms with Gasteiger partial charge in [0.05, 0.1) is 12.6 Å². The molecule has 0 N–H and O–H groups in total. The summed E-state index contributed by atoms with van der Waals surface area (Å²) < 4.78 is 5.39. The second-order valence-electron chi connectivity index (χ2n) is 4.89. The second-order valence-corrected chi connectivity index (χ2v) is 4.89. The zero-order chi connectivity index (χ0) is 12.1. The van der Waals surface area contributed by atoms with Crippen LogP contribution in [0.5, 0.6) is 0 Å². The van der Waals surface area contributed by atoms with Crippen molar-refractivity contribution in [3.05, 3.63) is 12.7 Å². The van der Waals surface area contributed by atoms with E-state index in [1.165, 1.54) is 0 Å². The molecule has 0 radical (unpaired) electrons. The van der Waals surface area contributed by atoms with Crippen molar-refractivity contribution in [1.29, 1.82) is 0 Å². The lowest BCUT2D eigenvalue weighted by molar-refractivity contribution is -0.137. The molecule has 1 saturated heterocycles. The number of carbonyl (C=O) groups excluding carboxylic acids is 1. The van der Waals surface area contributed by atoms with Gasteiger partial charge in [0.1, 0.15) is 6.73 Å². The van der Waals surface area contributed by atoms with Gasteiger partial charge < -0.3 is 9.64 Å². The lowest BCUT2D eigenvalue weighted by Gasteiger charge is -2.27. The second kappa shape index (κ2) is 6.04. The average molecular weight is 225 g/mol. The highest BCUT2D eigenvalue weighted by Crippen LogP contribution is 2.21. The van der Waals surface area contributed by atoms with Gasteiger partial charge in [-0.1, -0.05) is 26.8 Å². The van der Waals surface area contributed by atoms with Crippen LogP contribution in [0, 0.1) is 11.8 Å². The Hall–Kier alpha value is -0.830. The van der Waals surface area contributed by atoms with Crippen molar-refractivity contribution >= 4 is 5.91 Å². The minimum atomic E-state index is 0.0703. The van der Waals surface area contributed by atoms with E-state index in [-0.39, 0.29) is 17.9 Å². The highest BCUT2D eigenvalue weighted by Gasteiger charge is 2.33. The molecular weight excluding hydrogens is 202 g/mol. The summed E-state index contributed by atoms with van der Waals surface area (Å²) in [4.78, 5) is 14.1. The SMILES string of the molecule is C=CCC[C@@H](C)C(=O)N1COC[C@H]1C(C)C. The van der Waals surface area contributed by atoms with E-state index in [1.54, 1.807) is 0 Å². The monoisotopic (exact) mass is 225 g/mol. The standard InChI is InChI=1S/C13H23NO2/c1-5-6-7-11(4)13(15)14-9-16-8-12(14)10(2)3/h5,10-12H,1,6-9H2,2-4H3/t11-,12+/m1/s1. The summed E-state index contributed by atoms with van der Waals surface area (Å²) in [5.41, 5.74) is 0. The number of allylic oxidation sites excluding steroid dienone is 1. The Bertz CT molecular complexity index is 250. The summed E-state index contributed by atoms with van der Waals surface area (Å²) >= 11 is 0. The average Bonchev–Trinajstić information content (AvgIpc) is 2.73. The molecular formula is C13H23NO2. The van der Waals surface area contributed by atoms with E-state index < -0.39 is 0 Å². The molecule has 1 fully saturated rings. The Kier molecular flexibility index (Phi) is 5.00. The molecule has 1 heterocycles. The van der Waals surface area contributed by atoms with Gasteiger partial charge in [0.15, 0.2) is 0 Å². The lowest BCUT2D eigenvalue weighted by atomic mass is 10.00. The summed E-state index contributed by atoms with van der Waals surface area (Å²) in [6.07, 6.45) is 3.64. The van der Waals surface area contributed by atoms with Crippen LogP contribution in [-0.4, -0.2) is 30.2 Å². The molecule has 1 amide bonds. The molecule has 3 nitrogen and oxygen atoms in total. The molecule has 1 aliphatic rings. The van der Waals surface area contributed by atoms with Gasteiger partial charge in [0.25, 0.3) is 0 Å². The fourth-order valence-corrected chi connectivity index (χ4v) is 2.01. The number of hydrogen-bond donors (Lipinski definition) is 0. The van der Waals surface area contributed by atoms with Gasteiger partial charge in [-0.2, -0.15) is 0 Å². The molecule has 0 aromatic rings. The topological polar surface area (TPSA) is 29.5 Å². The third kappa shape index (κ3) is 3.08. The predicted molar refractivity (Wildman–Crippen MR) is 64.9 cm³/mol. The number of rotatable bonds is 5. The highest BCUT2D eigenvalue weighted by atomic mass is 16.5. The number of ether oxygens (including phenoxy) is 1. The van der Waals surface area contributed by atoms with E-state index in [0.717, 1.165) is 12.8 Å². The normalized spacial score (nSPS) is 22.5. The molecule has 92 valence electrons. The molecule has 0 aromatic carbocycles. The first-order chi connectivity index (χ1) is 7.57. The molecule has 0 aliphatic carbocycles. The summed E-state index contributed by atoms with van der Waals surface area (Å²) in [5, 5.41) is 0. The van der Waals surface area contributed by atoms with Crippen LogP contribution in [0.15, 0.2) is 12.7 Å². The van der Waals surface area contributed by atoms with Crippen LogP contribution in [0.3, 0.4) is 0 Å². The first-order valence-electron chi connectivity index (χ1n) is 6.07. The molecule has 0 bridgehead atoms. The van der Waals surface area contributed by atoms with E-state index in [4.69, 9.17) is 4.74 Å². The van der Waals surface area contributed by atoms with Crippen LogP contribution in [0.4, 0.5) is 0 Å². The molecule has 0 saturated carbocycles. The van der Waals surface area contributed by atoms with E-state index in [2.05, 4.69) is 20.4 Å². The van der Waals surface area contributed by atoms with Crippen LogP contribution in [-0.2, 0) is 9.53 Å². The smallest absolute Gasteiger partial charge is 0.227 e. The fraction of sp³-hybridized carbons (Fsp3) is 0.769. The Labute approximate surface area is 98.5 Å². The van der Waals surface area contributed by atoms with Crippen molar-refractivity contribution in [2.24, 2.45) is 11.8 Å². The summed E-state index contributed by atoms with van der Waals surface area (Å²) in [6.45, 7) is 11.1. The highest BCUT2D eigenvalue weighted by molar-refractivity contribution is 5.79. The zero-order valence-corrected chi connectivity index (χ0v) is 10.6. The van der Waals surface area contributed by atoms with E-state index in [1.807, 2.05) is 17.9 Å². The van der Waals surface area contributed by atoms with E-state index in [9.17, 15) is 4.79 Å². The minimum absolute atomic E-state index is 0.0703. The van der Waals surface area contributed by atoms with Crippen molar-refractivity contribution in [3.63, 3.8) is 0 Å². The summed E-state index contributed by atoms with van der Waals surface area (Å²) in [5.74, 6) is 0.747. The van der Waals surface area contributed by atoms with Crippen molar-refractivity contribution in [2.75, 3.05) is 13.3 Å². The van der Waals surface area contributed by atoms with Crippen LogP contribution in [0.1, 0.15) is 33.6 Å². The van der Waals surface area contributed by atoms with Crippen molar-refractivity contribution in [1.82, 2.24) is 4.90 Å². The minimum Gasteiger partial charge on any atom is -0.359 e. The predicted octanol–water partition coefficient (Wildman–Crippen LogP) is 2.43. The molecule has 0 unspecified atom stereocenters. The Balaban J connectivity index is 2.55. The number of amides is 1. The summed E-state index contributed by atoms with van der Waals surface area (Å²) in [6, 6.07) is 0.249. The summed E-state index contributed by atoms with van der Waals surface area (Å²) in [7, 11) is 0. The van der Waals surface area contributed by atoms with E-state index >= 15 is 0 Å². The third-order valence-corrected chi connectivity index (χ3v) is 3.20. The van der Waals surface area contributed by atoms with Crippen LogP contribution in [0.2, 0.25) is 0 Å². The first-order valence-corrected chi connectivity index (χ1v) is 6.07. The Morgan fingerprint density at radius 2 is 2.25 bits per heavy atom. The van der Waals surface area contributed by atoms with Gasteiger partial charge in [-0.25, -0.2) is 0 Å². The number of hydrogen-bond acceptors (Lipinski definition) is 2. The fourth-order valence-electron chi connectivity index (χ4n) is 2.01. The van der Waals surface area contributed by atoms with Crippen molar-refractivity contribution < 1.29 is 9.53 Å². The van der Waals surface area contributed by atoms with Gasteiger partial charge in [0, 0.05) is 5.92 Å². The van der Waals surface area contributed by atoms with Crippen LogP contribution in [0.25, 0.3) is 0 Å². The number of nitrogens with zero attached hydrogens (tertiary/aromatic N) is 1. The molecule has 3 heteroatoms. The lowest BCUT2D eigenvalue weighted by Crippen LogP contribution is -2.42. The third-order valence-electron chi connectivity index (χ3n) is 3.20. The first kappa shape index (κ1) is 13.2. The van der Waals surface area contributed by atoms with Gasteiger partial charge in [0.2, 0.25) is 5.91 Å². The van der Waals surface area contributed by atoms with Gasteiger partial charge in [-0.05, 0) is 18.8 Å². The molecule has 2 atom stereocenters. The van der Waals surface area contributed by atoms with Gasteiger partial charge in [-0.3, -0.25) is 4.79 Å². The molecule has 0 aromatic heterocycles. The maximum Gasteiger partial charge on any atom is 0.227 e. The van der Waals surface area contributed by atoms with Gasteiger partial charge in [-0.15, -0.1) is 6.58 Å². The Morgan fingerprint density at radius 3 is 2.81 bits per heavy atom. The Morgan fingerprint density at radius 1 is 1.56 bits per heavy atom. The maximum absolute atomic E-state index is 12.2. The molecule has 1 rings (SSSR count). The van der Waals surface area contributed by atoms with Crippen molar-refractivity contribution in [2.45, 2.75) is 39.7 Å². The number of carbonyl (C=O) groups is 1. The molecule has 1 aliphatic heterocycles. The molecule has 16 heavy (non-hydrogen) atoms. The van der Waals surface area contributed by atoms with Gasteiger partial charge >= 0.3 is 0 Å². The quantitative estimate of drug-likeness (QED) is 0.673. The largest absolute Gasteiger partial charge is 0.359 e. The van der Waals surface area contributed by atoms with Crippen LogP contribution < -0.4 is 0 Å². The molecule has 0 spiro atoms. The van der Waals surface area contributed by atoms with E-state index in [0.29, 0.717) is 19.3 Å². The zero-order valence-electron chi connectivity index (χ0n) is 10.6. The van der Waals surface area contributed by atoms with Crippen LogP contribution >= 0.6 is 0 Å².